The number of piperidine rings is 1. The molecule has 1 aliphatic heterocycles. The average molecular weight is 382 g/mol. The average Bonchev–Trinajstić information content (AvgIpc) is 3.08. The number of para-hydroxylation sites is 1. The number of aromatic nitrogens is 2. The molecule has 0 unspecified atom stereocenters. The molecule has 2 atom stereocenters. The van der Waals surface area contributed by atoms with Crippen molar-refractivity contribution in [2.75, 3.05) is 18.4 Å². The molecule has 3 rings (SSSR count). The van der Waals surface area contributed by atoms with Gasteiger partial charge in [-0.1, -0.05) is 25.1 Å². The van der Waals surface area contributed by atoms with Crippen molar-refractivity contribution in [1.82, 2.24) is 14.7 Å². The summed E-state index contributed by atoms with van der Waals surface area (Å²) in [6.45, 7) is 2.46. The van der Waals surface area contributed by atoms with Crippen LogP contribution in [0.25, 0.3) is 0 Å². The number of hydrogen-bond acceptors (Lipinski definition) is 5. The largest absolute Gasteiger partial charge is 0.465 e. The number of hydrogen-bond donors (Lipinski definition) is 3. The van der Waals surface area contributed by atoms with Crippen molar-refractivity contribution in [1.29, 1.82) is 5.26 Å². The molecule has 28 heavy (non-hydrogen) atoms. The number of carbonyl (C=O) groups excluding carboxylic acids is 1. The molecule has 1 aliphatic rings. The Bertz CT molecular complexity index is 919. The van der Waals surface area contributed by atoms with Crippen LogP contribution in [0.4, 0.5) is 16.3 Å². The minimum Gasteiger partial charge on any atom is -0.465 e. The third kappa shape index (κ3) is 3.49. The smallest absolute Gasteiger partial charge is 0.407 e. The molecular formula is C19H22N6O3. The van der Waals surface area contributed by atoms with Gasteiger partial charge >= 0.3 is 6.09 Å². The number of nitrogens with one attached hydrogen (secondary N) is 1. The molecule has 2 amide bonds. The summed E-state index contributed by atoms with van der Waals surface area (Å²) in [5, 5.41) is 26.4. The Morgan fingerprint density at radius 3 is 2.71 bits per heavy atom. The standard InChI is InChI=1S/C19H22N6O3/c1-13-11-24(18(27)28)10-8-19(13,7-9-20)25-12-15(16(21)26)17(23-25)22-14-5-3-2-4-6-14/h2-6,12-13H,7-8,10-11H2,1H3,(H2,21,26)(H,22,23)(H,27,28)/t13-,19-/m1/s1. The number of carboxylic acid groups (broad SMARTS) is 1. The van der Waals surface area contributed by atoms with Gasteiger partial charge in [-0.2, -0.15) is 10.4 Å². The monoisotopic (exact) mass is 382 g/mol. The molecule has 9 nitrogen and oxygen atoms in total. The molecule has 146 valence electrons. The van der Waals surface area contributed by atoms with E-state index in [4.69, 9.17) is 5.73 Å². The third-order valence-electron chi connectivity index (χ3n) is 5.35. The van der Waals surface area contributed by atoms with Crippen LogP contribution in [0.2, 0.25) is 0 Å². The first-order chi connectivity index (χ1) is 13.4. The molecule has 0 bridgehead atoms. The molecule has 1 fully saturated rings. The van der Waals surface area contributed by atoms with E-state index in [-0.39, 0.29) is 31.0 Å². The number of nitrogens with two attached hydrogens (primary N) is 1. The van der Waals surface area contributed by atoms with Crippen molar-refractivity contribution in [2.45, 2.75) is 25.3 Å². The summed E-state index contributed by atoms with van der Waals surface area (Å²) in [5.74, 6) is -0.501. The van der Waals surface area contributed by atoms with E-state index in [1.165, 1.54) is 4.90 Å². The Hall–Kier alpha value is -3.54. The molecule has 0 radical (unpaired) electrons. The number of benzene rings is 1. The summed E-state index contributed by atoms with van der Waals surface area (Å²) in [7, 11) is 0. The van der Waals surface area contributed by atoms with Gasteiger partial charge in [0.15, 0.2) is 5.82 Å². The zero-order chi connectivity index (χ0) is 20.3. The Morgan fingerprint density at radius 2 is 2.14 bits per heavy atom. The van der Waals surface area contributed by atoms with Crippen LogP contribution >= 0.6 is 0 Å². The third-order valence-corrected chi connectivity index (χ3v) is 5.35. The van der Waals surface area contributed by atoms with Crippen LogP contribution in [0.5, 0.6) is 0 Å². The zero-order valence-corrected chi connectivity index (χ0v) is 15.5. The van der Waals surface area contributed by atoms with Crippen LogP contribution in [0.3, 0.4) is 0 Å². The molecule has 0 aliphatic carbocycles. The Labute approximate surface area is 162 Å². The number of anilines is 2. The maximum Gasteiger partial charge on any atom is 0.407 e. The van der Waals surface area contributed by atoms with Gasteiger partial charge in [-0.05, 0) is 18.6 Å². The van der Waals surface area contributed by atoms with Crippen molar-refractivity contribution in [3.05, 3.63) is 42.1 Å². The summed E-state index contributed by atoms with van der Waals surface area (Å²) < 4.78 is 1.62. The predicted molar refractivity (Wildman–Crippen MR) is 102 cm³/mol. The normalized spacial score (nSPS) is 21.7. The van der Waals surface area contributed by atoms with Crippen molar-refractivity contribution >= 4 is 23.5 Å². The lowest BCUT2D eigenvalue weighted by Crippen LogP contribution is -2.53. The van der Waals surface area contributed by atoms with Crippen molar-refractivity contribution < 1.29 is 14.7 Å². The molecule has 0 saturated carbocycles. The quantitative estimate of drug-likeness (QED) is 0.726. The summed E-state index contributed by atoms with van der Waals surface area (Å²) in [5.41, 5.74) is 5.79. The number of rotatable bonds is 5. The van der Waals surface area contributed by atoms with Crippen LogP contribution < -0.4 is 11.1 Å². The van der Waals surface area contributed by atoms with Crippen molar-refractivity contribution in [2.24, 2.45) is 11.7 Å². The van der Waals surface area contributed by atoms with Gasteiger partial charge in [-0.25, -0.2) is 4.79 Å². The second-order valence-corrected chi connectivity index (χ2v) is 7.01. The lowest BCUT2D eigenvalue weighted by molar-refractivity contribution is 0.0451. The molecule has 4 N–H and O–H groups in total. The Kier molecular flexibility index (Phi) is 5.22. The molecule has 1 aromatic heterocycles. The second-order valence-electron chi connectivity index (χ2n) is 7.01. The number of nitriles is 1. The van der Waals surface area contributed by atoms with Crippen molar-refractivity contribution in [3.8, 4) is 6.07 Å². The number of amides is 2. The fraction of sp³-hybridized carbons (Fsp3) is 0.368. The van der Waals surface area contributed by atoms with E-state index in [9.17, 15) is 20.0 Å². The van der Waals surface area contributed by atoms with E-state index in [0.29, 0.717) is 12.2 Å². The Balaban J connectivity index is 2.00. The van der Waals surface area contributed by atoms with Gasteiger partial charge in [0.05, 0.1) is 18.0 Å². The molecule has 1 aromatic carbocycles. The van der Waals surface area contributed by atoms with E-state index in [1.54, 1.807) is 10.9 Å². The summed E-state index contributed by atoms with van der Waals surface area (Å²) in [4.78, 5) is 24.6. The summed E-state index contributed by atoms with van der Waals surface area (Å²) >= 11 is 0. The van der Waals surface area contributed by atoms with Crippen LogP contribution in [0.15, 0.2) is 36.5 Å². The maximum absolute atomic E-state index is 12.0. The van der Waals surface area contributed by atoms with Gasteiger partial charge in [-0.15, -0.1) is 0 Å². The predicted octanol–water partition coefficient (Wildman–Crippen LogP) is 2.35. The summed E-state index contributed by atoms with van der Waals surface area (Å²) in [6.07, 6.45) is 1.13. The van der Waals surface area contributed by atoms with Gasteiger partial charge in [0.2, 0.25) is 0 Å². The van der Waals surface area contributed by atoms with E-state index in [1.807, 2.05) is 37.3 Å². The molecule has 2 heterocycles. The molecule has 0 spiro atoms. The zero-order valence-electron chi connectivity index (χ0n) is 15.5. The highest BCUT2D eigenvalue weighted by Gasteiger charge is 2.44. The SMILES string of the molecule is C[C@@H]1CN(C(=O)O)CC[C@@]1(CC#N)n1cc(C(N)=O)c(Nc2ccccc2)n1. The van der Waals surface area contributed by atoms with Crippen molar-refractivity contribution in [3.63, 3.8) is 0 Å². The molecule has 9 heteroatoms. The number of primary amides is 1. The maximum atomic E-state index is 12.0. The number of likely N-dealkylation sites (tertiary alicyclic amines) is 1. The van der Waals surface area contributed by atoms with Crippen LogP contribution in [0.1, 0.15) is 30.1 Å². The first-order valence-electron chi connectivity index (χ1n) is 8.94. The first-order valence-corrected chi connectivity index (χ1v) is 8.94. The van der Waals surface area contributed by atoms with E-state index < -0.39 is 17.5 Å². The van der Waals surface area contributed by atoms with Crippen LogP contribution in [-0.4, -0.2) is 44.9 Å². The highest BCUT2D eigenvalue weighted by Crippen LogP contribution is 2.39. The topological polar surface area (TPSA) is 137 Å². The first kappa shape index (κ1) is 19.2. The van der Waals surface area contributed by atoms with E-state index in [2.05, 4.69) is 16.5 Å². The minimum absolute atomic E-state index is 0.145. The van der Waals surface area contributed by atoms with Gasteiger partial charge in [0.25, 0.3) is 5.91 Å². The van der Waals surface area contributed by atoms with Gasteiger partial charge in [0.1, 0.15) is 5.56 Å². The fourth-order valence-electron chi connectivity index (χ4n) is 3.69. The van der Waals surface area contributed by atoms with Crippen LogP contribution in [0, 0.1) is 17.2 Å². The fourth-order valence-corrected chi connectivity index (χ4v) is 3.69. The molecular weight excluding hydrogens is 360 g/mol. The van der Waals surface area contributed by atoms with Gasteiger partial charge in [0, 0.05) is 30.9 Å². The number of carbonyl (C=O) groups is 2. The van der Waals surface area contributed by atoms with E-state index >= 15 is 0 Å². The summed E-state index contributed by atoms with van der Waals surface area (Å²) in [6, 6.07) is 11.4. The number of nitrogens with zero attached hydrogens (tertiary/aromatic N) is 4. The highest BCUT2D eigenvalue weighted by molar-refractivity contribution is 5.98. The lowest BCUT2D eigenvalue weighted by Gasteiger charge is -2.44. The van der Waals surface area contributed by atoms with E-state index in [0.717, 1.165) is 5.69 Å². The van der Waals surface area contributed by atoms with Gasteiger partial charge in [-0.3, -0.25) is 9.48 Å². The molecule has 2 aromatic rings. The van der Waals surface area contributed by atoms with Gasteiger partial charge < -0.3 is 21.1 Å². The van der Waals surface area contributed by atoms with Crippen LogP contribution in [-0.2, 0) is 5.54 Å². The minimum atomic E-state index is -0.984. The highest BCUT2D eigenvalue weighted by atomic mass is 16.4. The lowest BCUT2D eigenvalue weighted by atomic mass is 9.77. The Morgan fingerprint density at radius 1 is 1.43 bits per heavy atom. The second kappa shape index (κ2) is 7.60. The molecule has 1 saturated heterocycles.